The summed E-state index contributed by atoms with van der Waals surface area (Å²) >= 11 is 0. The summed E-state index contributed by atoms with van der Waals surface area (Å²) in [6.07, 6.45) is -3.70. The average molecular weight is 260 g/mol. The van der Waals surface area contributed by atoms with Crippen molar-refractivity contribution in [3.05, 3.63) is 29.6 Å². The Labute approximate surface area is 88.3 Å². The van der Waals surface area contributed by atoms with Gasteiger partial charge in [-0.2, -0.15) is 13.2 Å². The van der Waals surface area contributed by atoms with Gasteiger partial charge in [0.15, 0.2) is 0 Å². The van der Waals surface area contributed by atoms with Crippen molar-refractivity contribution in [3.63, 3.8) is 0 Å². The minimum absolute atomic E-state index is 0.0488. The lowest BCUT2D eigenvalue weighted by molar-refractivity contribution is -0.141. The van der Waals surface area contributed by atoms with Crippen LogP contribution in [0.25, 0.3) is 0 Å². The Kier molecular flexibility index (Phi) is 3.25. The summed E-state index contributed by atoms with van der Waals surface area (Å²) in [5.41, 5.74) is -1.19. The predicted molar refractivity (Wildman–Crippen MR) is 47.7 cm³/mol. The first kappa shape index (κ1) is 12.3. The quantitative estimate of drug-likeness (QED) is 0.765. The highest BCUT2D eigenvalue weighted by atomic mass is 35.7. The molecule has 3 nitrogen and oxygen atoms in total. The van der Waals surface area contributed by atoms with Crippen LogP contribution in [-0.4, -0.2) is 13.4 Å². The molecule has 0 aliphatic heterocycles. The fourth-order valence-electron chi connectivity index (χ4n) is 0.918. The van der Waals surface area contributed by atoms with Crippen molar-refractivity contribution in [2.75, 3.05) is 0 Å². The minimum atomic E-state index is -4.59. The normalized spacial score (nSPS) is 12.8. The zero-order valence-corrected chi connectivity index (χ0v) is 8.70. The Morgan fingerprint density at radius 3 is 2.47 bits per heavy atom. The molecule has 0 aliphatic rings. The first-order chi connectivity index (χ1) is 6.68. The Hall–Kier alpha value is -0.820. The third kappa shape index (κ3) is 4.05. The topological polar surface area (TPSA) is 47.0 Å². The summed E-state index contributed by atoms with van der Waals surface area (Å²) in [4.78, 5) is 3.08. The number of nitrogens with zero attached hydrogens (tertiary/aromatic N) is 1. The highest BCUT2D eigenvalue weighted by Gasteiger charge is 2.32. The lowest BCUT2D eigenvalue weighted by Gasteiger charge is -2.06. The van der Waals surface area contributed by atoms with Crippen molar-refractivity contribution < 1.29 is 21.6 Å². The van der Waals surface area contributed by atoms with E-state index in [0.29, 0.717) is 6.07 Å². The molecule has 0 bridgehead atoms. The van der Waals surface area contributed by atoms with Gasteiger partial charge < -0.3 is 0 Å². The van der Waals surface area contributed by atoms with Crippen LogP contribution >= 0.6 is 10.7 Å². The second-order valence-corrected chi connectivity index (χ2v) is 5.51. The van der Waals surface area contributed by atoms with Crippen LogP contribution in [0, 0.1) is 0 Å². The van der Waals surface area contributed by atoms with Crippen molar-refractivity contribution in [2.24, 2.45) is 0 Å². The second kappa shape index (κ2) is 3.97. The molecule has 0 amide bonds. The summed E-state index contributed by atoms with van der Waals surface area (Å²) in [5, 5.41) is 0. The molecule has 8 heteroatoms. The number of alkyl halides is 3. The van der Waals surface area contributed by atoms with Crippen LogP contribution < -0.4 is 0 Å². The maximum Gasteiger partial charge on any atom is 0.433 e. The van der Waals surface area contributed by atoms with Gasteiger partial charge >= 0.3 is 6.18 Å². The zero-order valence-electron chi connectivity index (χ0n) is 7.12. The molecule has 0 aromatic carbocycles. The first-order valence-electron chi connectivity index (χ1n) is 3.63. The summed E-state index contributed by atoms with van der Waals surface area (Å²) in [6, 6.07) is 1.81. The molecular formula is C7H5ClF3NO2S. The Balaban J connectivity index is 3.04. The summed E-state index contributed by atoms with van der Waals surface area (Å²) < 4.78 is 57.7. The molecule has 0 radical (unpaired) electrons. The minimum Gasteiger partial charge on any atom is -0.252 e. The van der Waals surface area contributed by atoms with Gasteiger partial charge in [-0.05, 0) is 17.7 Å². The molecule has 1 rings (SSSR count). The van der Waals surface area contributed by atoms with E-state index in [-0.39, 0.29) is 5.56 Å². The third-order valence-corrected chi connectivity index (χ3v) is 2.46. The molecular weight excluding hydrogens is 255 g/mol. The van der Waals surface area contributed by atoms with Gasteiger partial charge in [0, 0.05) is 16.9 Å². The molecule has 1 aromatic rings. The number of rotatable bonds is 2. The molecule has 0 fully saturated rings. The van der Waals surface area contributed by atoms with E-state index in [2.05, 4.69) is 4.98 Å². The van der Waals surface area contributed by atoms with E-state index in [1.54, 1.807) is 0 Å². The predicted octanol–water partition coefficient (Wildman–Crippen LogP) is 2.17. The highest BCUT2D eigenvalue weighted by Crippen LogP contribution is 2.28. The molecule has 15 heavy (non-hydrogen) atoms. The number of halogens is 4. The second-order valence-electron chi connectivity index (χ2n) is 2.73. The molecule has 0 atom stereocenters. The van der Waals surface area contributed by atoms with Crippen molar-refractivity contribution in [1.29, 1.82) is 0 Å². The van der Waals surface area contributed by atoms with E-state index in [1.165, 1.54) is 0 Å². The van der Waals surface area contributed by atoms with Crippen LogP contribution in [0.5, 0.6) is 0 Å². The largest absolute Gasteiger partial charge is 0.433 e. The van der Waals surface area contributed by atoms with Gasteiger partial charge in [0.25, 0.3) is 0 Å². The van der Waals surface area contributed by atoms with Gasteiger partial charge in [-0.3, -0.25) is 4.98 Å². The SMILES string of the molecule is O=S(=O)(Cl)Cc1ccnc(C(F)(F)F)c1. The van der Waals surface area contributed by atoms with E-state index in [4.69, 9.17) is 10.7 Å². The highest BCUT2D eigenvalue weighted by molar-refractivity contribution is 8.13. The van der Waals surface area contributed by atoms with Gasteiger partial charge in [-0.15, -0.1) is 0 Å². The van der Waals surface area contributed by atoms with Crippen LogP contribution in [0.15, 0.2) is 18.3 Å². The molecule has 1 heterocycles. The fraction of sp³-hybridized carbons (Fsp3) is 0.286. The molecule has 0 saturated carbocycles. The van der Waals surface area contributed by atoms with Gasteiger partial charge in [-0.1, -0.05) is 0 Å². The Bertz CT molecular complexity index is 458. The maximum atomic E-state index is 12.2. The third-order valence-electron chi connectivity index (χ3n) is 1.45. The smallest absolute Gasteiger partial charge is 0.252 e. The van der Waals surface area contributed by atoms with Crippen molar-refractivity contribution in [2.45, 2.75) is 11.9 Å². The van der Waals surface area contributed by atoms with Gasteiger partial charge in [0.2, 0.25) is 9.05 Å². The van der Waals surface area contributed by atoms with Gasteiger partial charge in [0.1, 0.15) is 5.69 Å². The van der Waals surface area contributed by atoms with Crippen molar-refractivity contribution in [1.82, 2.24) is 4.98 Å². The van der Waals surface area contributed by atoms with Crippen molar-refractivity contribution in [3.8, 4) is 0 Å². The first-order valence-corrected chi connectivity index (χ1v) is 6.11. The van der Waals surface area contributed by atoms with Crippen LogP contribution in [-0.2, 0) is 21.0 Å². The van der Waals surface area contributed by atoms with Crippen LogP contribution in [0.1, 0.15) is 11.3 Å². The monoisotopic (exact) mass is 259 g/mol. The molecule has 0 saturated heterocycles. The van der Waals surface area contributed by atoms with Crippen LogP contribution in [0.4, 0.5) is 13.2 Å². The number of hydrogen-bond donors (Lipinski definition) is 0. The van der Waals surface area contributed by atoms with E-state index in [1.807, 2.05) is 0 Å². The zero-order chi connectivity index (χ0) is 11.7. The Morgan fingerprint density at radius 2 is 2.00 bits per heavy atom. The van der Waals surface area contributed by atoms with Crippen molar-refractivity contribution >= 4 is 19.7 Å². The summed E-state index contributed by atoms with van der Waals surface area (Å²) in [6.45, 7) is 0. The van der Waals surface area contributed by atoms with Gasteiger partial charge in [0.05, 0.1) is 5.75 Å². The van der Waals surface area contributed by atoms with E-state index < -0.39 is 26.7 Å². The fourth-order valence-corrected chi connectivity index (χ4v) is 1.87. The maximum absolute atomic E-state index is 12.2. The van der Waals surface area contributed by atoms with Crippen LogP contribution in [0.3, 0.4) is 0 Å². The molecule has 0 N–H and O–H groups in total. The number of hydrogen-bond acceptors (Lipinski definition) is 3. The van der Waals surface area contributed by atoms with E-state index in [0.717, 1.165) is 12.3 Å². The van der Waals surface area contributed by atoms with E-state index in [9.17, 15) is 21.6 Å². The molecule has 84 valence electrons. The number of aromatic nitrogens is 1. The van der Waals surface area contributed by atoms with E-state index >= 15 is 0 Å². The summed E-state index contributed by atoms with van der Waals surface area (Å²) in [7, 11) is 1.04. The molecule has 0 aliphatic carbocycles. The number of pyridine rings is 1. The van der Waals surface area contributed by atoms with Crippen LogP contribution in [0.2, 0.25) is 0 Å². The molecule has 0 spiro atoms. The lowest BCUT2D eigenvalue weighted by Crippen LogP contribution is -2.08. The van der Waals surface area contributed by atoms with Gasteiger partial charge in [-0.25, -0.2) is 8.42 Å². The Morgan fingerprint density at radius 1 is 1.40 bits per heavy atom. The lowest BCUT2D eigenvalue weighted by atomic mass is 10.2. The standard InChI is InChI=1S/C7H5ClF3NO2S/c8-15(13,14)4-5-1-2-12-6(3-5)7(9,10)11/h1-3H,4H2. The summed E-state index contributed by atoms with van der Waals surface area (Å²) in [5.74, 6) is -0.653. The average Bonchev–Trinajstić information content (AvgIpc) is 1.99. The molecule has 1 aromatic heterocycles. The molecule has 0 unspecified atom stereocenters.